The molecule has 0 fully saturated rings. The molecular weight excluding hydrogens is 409 g/mol. The largest absolute Gasteiger partial charge is 0.378 e. The Balaban J connectivity index is 0.00000141. The molecule has 1 unspecified atom stereocenters. The third-order valence-corrected chi connectivity index (χ3v) is 5.38. The van der Waals surface area contributed by atoms with E-state index in [0.717, 1.165) is 28.4 Å². The summed E-state index contributed by atoms with van der Waals surface area (Å²) in [6, 6.07) is 7.40. The Labute approximate surface area is 185 Å². The van der Waals surface area contributed by atoms with Crippen LogP contribution in [0.4, 0.5) is 10.1 Å². The maximum absolute atomic E-state index is 13.6. The van der Waals surface area contributed by atoms with Crippen LogP contribution >= 0.6 is 0 Å². The summed E-state index contributed by atoms with van der Waals surface area (Å²) in [6.45, 7) is 9.69. The van der Waals surface area contributed by atoms with Gasteiger partial charge in [0, 0.05) is 12.7 Å². The van der Waals surface area contributed by atoms with Gasteiger partial charge in [-0.15, -0.1) is 0 Å². The molecule has 4 aromatic rings. The Morgan fingerprint density at radius 1 is 1.19 bits per heavy atom. The fraction of sp³-hybridized carbons (Fsp3) is 0.292. The molecule has 0 aliphatic heterocycles. The molecule has 0 aliphatic carbocycles. The highest BCUT2D eigenvalue weighted by Crippen LogP contribution is 2.29. The van der Waals surface area contributed by atoms with Crippen LogP contribution in [0.15, 0.2) is 41.5 Å². The summed E-state index contributed by atoms with van der Waals surface area (Å²) >= 11 is 0. The lowest BCUT2D eigenvalue weighted by atomic mass is 10.00. The number of hydrogen-bond donors (Lipinski definition) is 2. The number of rotatable bonds is 4. The average molecular weight is 438 g/mol. The smallest absolute Gasteiger partial charge is 0.261 e. The van der Waals surface area contributed by atoms with Crippen molar-refractivity contribution in [3.8, 4) is 0 Å². The zero-order valence-electron chi connectivity index (χ0n) is 19.2. The number of halogens is 1. The summed E-state index contributed by atoms with van der Waals surface area (Å²) in [5.74, 6) is -1.26. The van der Waals surface area contributed by atoms with Crippen LogP contribution in [0.1, 0.15) is 54.0 Å². The summed E-state index contributed by atoms with van der Waals surface area (Å²) < 4.78 is 17.1. The van der Waals surface area contributed by atoms with Gasteiger partial charge in [0.15, 0.2) is 0 Å². The summed E-state index contributed by atoms with van der Waals surface area (Å²) in [5.41, 5.74) is 9.78. The van der Waals surface area contributed by atoms with Crippen LogP contribution in [0.2, 0.25) is 0 Å². The Kier molecular flexibility index (Phi) is 6.34. The predicted octanol–water partition coefficient (Wildman–Crippen LogP) is 4.24. The summed E-state index contributed by atoms with van der Waals surface area (Å²) in [5, 5.41) is 3.82. The van der Waals surface area contributed by atoms with E-state index in [1.54, 1.807) is 17.9 Å². The minimum atomic E-state index is -0.722. The molecule has 2 heterocycles. The highest BCUT2D eigenvalue weighted by molar-refractivity contribution is 5.98. The molecule has 2 aromatic heterocycles. The van der Waals surface area contributed by atoms with Gasteiger partial charge in [-0.3, -0.25) is 18.6 Å². The van der Waals surface area contributed by atoms with Gasteiger partial charge in [0.2, 0.25) is 0 Å². The first-order chi connectivity index (χ1) is 15.2. The number of anilines is 1. The molecule has 168 valence electrons. The molecule has 0 spiro atoms. The third kappa shape index (κ3) is 3.84. The molecule has 1 amide bonds. The highest BCUT2D eigenvalue weighted by Gasteiger charge is 2.20. The first-order valence-electron chi connectivity index (χ1n) is 10.5. The average Bonchev–Trinajstić information content (AvgIpc) is 3.15. The lowest BCUT2D eigenvalue weighted by Gasteiger charge is -2.21. The zero-order valence-corrected chi connectivity index (χ0v) is 19.2. The number of nitrogens with zero attached hydrogens (tertiary/aromatic N) is 3. The number of carbonyl (C=O) groups excluding carboxylic acids is 1. The molecule has 2 aromatic carbocycles. The standard InChI is InChI=1S/C22H22FN5O2.C2H6/c1-11-7-15(12(2)26-18-6-5-14(23)9-16(18)20(24)29)19-17(8-11)22(30)27(4)21-13(3)25-10-28(19)21;1-2/h5-10,12,26H,1-4H3,(H2,24,29);1-2H3. The first-order valence-corrected chi connectivity index (χ1v) is 10.5. The van der Waals surface area contributed by atoms with Crippen LogP contribution in [0.25, 0.3) is 16.6 Å². The van der Waals surface area contributed by atoms with Crippen molar-refractivity contribution in [1.82, 2.24) is 14.0 Å². The van der Waals surface area contributed by atoms with Crippen LogP contribution < -0.4 is 16.6 Å². The maximum Gasteiger partial charge on any atom is 0.261 e. The number of nitrogens with one attached hydrogen (secondary N) is 1. The topological polar surface area (TPSA) is 94.4 Å². The molecule has 8 heteroatoms. The van der Waals surface area contributed by atoms with Crippen molar-refractivity contribution < 1.29 is 9.18 Å². The van der Waals surface area contributed by atoms with Crippen molar-refractivity contribution >= 4 is 28.1 Å². The van der Waals surface area contributed by atoms with Crippen molar-refractivity contribution in [1.29, 1.82) is 0 Å². The quantitative estimate of drug-likeness (QED) is 0.499. The van der Waals surface area contributed by atoms with Gasteiger partial charge in [-0.25, -0.2) is 9.37 Å². The Hall–Kier alpha value is -3.68. The minimum Gasteiger partial charge on any atom is -0.378 e. The van der Waals surface area contributed by atoms with Gasteiger partial charge in [-0.2, -0.15) is 0 Å². The van der Waals surface area contributed by atoms with Crippen molar-refractivity contribution in [2.45, 2.75) is 40.7 Å². The molecule has 0 radical (unpaired) electrons. The number of benzene rings is 2. The summed E-state index contributed by atoms with van der Waals surface area (Å²) in [7, 11) is 1.73. The second-order valence-corrected chi connectivity index (χ2v) is 7.56. The van der Waals surface area contributed by atoms with Crippen molar-refractivity contribution in [2.24, 2.45) is 12.8 Å². The first kappa shape index (κ1) is 23.0. The van der Waals surface area contributed by atoms with E-state index in [2.05, 4.69) is 10.3 Å². The summed E-state index contributed by atoms with van der Waals surface area (Å²) in [4.78, 5) is 29.2. The molecule has 1 atom stereocenters. The second-order valence-electron chi connectivity index (χ2n) is 7.56. The Morgan fingerprint density at radius 2 is 1.88 bits per heavy atom. The third-order valence-electron chi connectivity index (χ3n) is 5.38. The van der Waals surface area contributed by atoms with Crippen LogP contribution in [-0.2, 0) is 7.05 Å². The summed E-state index contributed by atoms with van der Waals surface area (Å²) in [6.07, 6.45) is 1.70. The van der Waals surface area contributed by atoms with E-state index in [1.807, 2.05) is 51.2 Å². The number of aryl methyl sites for hydroxylation is 3. The van der Waals surface area contributed by atoms with Crippen LogP contribution in [0.5, 0.6) is 0 Å². The molecular formula is C24H28FN5O2. The van der Waals surface area contributed by atoms with E-state index >= 15 is 0 Å². The molecule has 32 heavy (non-hydrogen) atoms. The van der Waals surface area contributed by atoms with Crippen LogP contribution in [0.3, 0.4) is 0 Å². The Morgan fingerprint density at radius 3 is 2.53 bits per heavy atom. The van der Waals surface area contributed by atoms with Gasteiger partial charge < -0.3 is 11.1 Å². The minimum absolute atomic E-state index is 0.0679. The highest BCUT2D eigenvalue weighted by atomic mass is 19.1. The molecule has 3 N–H and O–H groups in total. The zero-order chi connectivity index (χ0) is 23.7. The van der Waals surface area contributed by atoms with Crippen molar-refractivity contribution in [2.75, 3.05) is 5.32 Å². The van der Waals surface area contributed by atoms with Crippen LogP contribution in [-0.4, -0.2) is 19.9 Å². The number of primary amides is 1. The fourth-order valence-electron chi connectivity index (χ4n) is 4.00. The molecule has 4 rings (SSSR count). The fourth-order valence-corrected chi connectivity index (χ4v) is 4.00. The number of amides is 1. The van der Waals surface area contributed by atoms with Crippen LogP contribution in [0, 0.1) is 19.7 Å². The van der Waals surface area contributed by atoms with Crippen molar-refractivity contribution in [3.05, 3.63) is 75.2 Å². The van der Waals surface area contributed by atoms with Gasteiger partial charge in [0.1, 0.15) is 17.8 Å². The molecule has 0 saturated carbocycles. The van der Waals surface area contributed by atoms with Gasteiger partial charge in [-0.1, -0.05) is 19.9 Å². The molecule has 0 bridgehead atoms. The second kappa shape index (κ2) is 8.82. The lowest BCUT2D eigenvalue weighted by molar-refractivity contribution is 0.100. The molecule has 0 saturated heterocycles. The number of hydrogen-bond acceptors (Lipinski definition) is 4. The van der Waals surface area contributed by atoms with E-state index < -0.39 is 11.7 Å². The van der Waals surface area contributed by atoms with Gasteiger partial charge >= 0.3 is 0 Å². The normalized spacial score (nSPS) is 11.8. The molecule has 7 nitrogen and oxygen atoms in total. The maximum atomic E-state index is 13.6. The monoisotopic (exact) mass is 437 g/mol. The Bertz CT molecular complexity index is 1390. The predicted molar refractivity (Wildman–Crippen MR) is 126 cm³/mol. The number of aromatic nitrogens is 3. The number of fused-ring (bicyclic) bond motifs is 3. The van der Waals surface area contributed by atoms with E-state index in [-0.39, 0.29) is 17.2 Å². The van der Waals surface area contributed by atoms with E-state index in [0.29, 0.717) is 16.7 Å². The van der Waals surface area contributed by atoms with Gasteiger partial charge in [-0.05, 0) is 56.2 Å². The van der Waals surface area contributed by atoms with Gasteiger partial charge in [0.25, 0.3) is 11.5 Å². The van der Waals surface area contributed by atoms with E-state index in [4.69, 9.17) is 5.73 Å². The van der Waals surface area contributed by atoms with Gasteiger partial charge in [0.05, 0.1) is 28.2 Å². The number of imidazole rings is 1. The SMILES string of the molecule is CC.Cc1cc(C(C)Nc2ccc(F)cc2C(N)=O)c2c(c1)c(=O)n(C)c1c(C)ncn21. The van der Waals surface area contributed by atoms with Crippen molar-refractivity contribution in [3.63, 3.8) is 0 Å². The van der Waals surface area contributed by atoms with E-state index in [9.17, 15) is 14.0 Å². The lowest BCUT2D eigenvalue weighted by Crippen LogP contribution is -2.22. The molecule has 0 aliphatic rings. The van der Waals surface area contributed by atoms with E-state index in [1.165, 1.54) is 12.1 Å². The number of nitrogens with two attached hydrogens (primary N) is 1. The number of carbonyl (C=O) groups is 1.